The molecule has 0 atom stereocenters. The summed E-state index contributed by atoms with van der Waals surface area (Å²) in [5.74, 6) is -1.05. The van der Waals surface area contributed by atoms with Crippen LogP contribution in [-0.2, 0) is 30.8 Å². The van der Waals surface area contributed by atoms with Crippen molar-refractivity contribution in [1.29, 1.82) is 0 Å². The minimum atomic E-state index is -3.66. The Morgan fingerprint density at radius 2 is 1.83 bits per heavy atom. The van der Waals surface area contributed by atoms with Gasteiger partial charge < -0.3 is 10.1 Å². The van der Waals surface area contributed by atoms with Crippen LogP contribution in [0.25, 0.3) is 0 Å². The zero-order chi connectivity index (χ0) is 20.9. The minimum absolute atomic E-state index is 0.0835. The van der Waals surface area contributed by atoms with Crippen LogP contribution in [0, 0.1) is 6.92 Å². The van der Waals surface area contributed by atoms with Gasteiger partial charge in [0.1, 0.15) is 12.4 Å². The molecule has 1 aliphatic rings. The summed E-state index contributed by atoms with van der Waals surface area (Å²) in [6.45, 7) is 1.62. The minimum Gasteiger partial charge on any atom is -0.454 e. The third-order valence-corrected chi connectivity index (χ3v) is 5.77. The first-order chi connectivity index (χ1) is 13.9. The number of hydrogen-bond donors (Lipinski definition) is 2. The number of benzene rings is 2. The van der Waals surface area contributed by atoms with Crippen molar-refractivity contribution in [2.24, 2.45) is 4.99 Å². The molecule has 0 fully saturated rings. The molecule has 2 aromatic rings. The average molecular weight is 415 g/mol. The lowest BCUT2D eigenvalue weighted by Crippen LogP contribution is -2.31. The number of nitrogens with one attached hydrogen (secondary N) is 2. The van der Waals surface area contributed by atoms with Crippen LogP contribution in [0.3, 0.4) is 0 Å². The molecule has 0 saturated heterocycles. The maximum absolute atomic E-state index is 12.0. The highest BCUT2D eigenvalue weighted by Gasteiger charge is 2.30. The van der Waals surface area contributed by atoms with Crippen molar-refractivity contribution in [2.45, 2.75) is 18.2 Å². The Balaban J connectivity index is 1.44. The number of amidine groups is 1. The SMILES string of the molecule is Cc1ccccc1CCNC(=O)COC(=O)CN=C1NS(=O)(=O)c2ccccc21. The number of amides is 1. The lowest BCUT2D eigenvalue weighted by molar-refractivity contribution is -0.147. The summed E-state index contributed by atoms with van der Waals surface area (Å²) in [7, 11) is -3.66. The molecule has 152 valence electrons. The Hall–Kier alpha value is -3.20. The van der Waals surface area contributed by atoms with Crippen molar-refractivity contribution in [2.75, 3.05) is 19.7 Å². The molecule has 0 bridgehead atoms. The van der Waals surface area contributed by atoms with E-state index in [0.717, 1.165) is 11.1 Å². The fourth-order valence-corrected chi connectivity index (χ4v) is 4.12. The first-order valence-corrected chi connectivity index (χ1v) is 10.5. The predicted octanol–water partition coefficient (Wildman–Crippen LogP) is 0.936. The van der Waals surface area contributed by atoms with Gasteiger partial charge in [-0.15, -0.1) is 0 Å². The van der Waals surface area contributed by atoms with Crippen molar-refractivity contribution in [3.05, 3.63) is 65.2 Å². The lowest BCUT2D eigenvalue weighted by Gasteiger charge is -2.08. The second kappa shape index (κ2) is 8.87. The molecule has 2 aromatic carbocycles. The summed E-state index contributed by atoms with van der Waals surface area (Å²) in [6, 6.07) is 14.2. The van der Waals surface area contributed by atoms with Gasteiger partial charge in [0.25, 0.3) is 15.9 Å². The molecule has 0 spiro atoms. The van der Waals surface area contributed by atoms with Gasteiger partial charge in [-0.05, 0) is 36.6 Å². The van der Waals surface area contributed by atoms with Crippen molar-refractivity contribution >= 4 is 27.7 Å². The van der Waals surface area contributed by atoms with Crippen LogP contribution < -0.4 is 10.0 Å². The fraction of sp³-hybridized carbons (Fsp3) is 0.250. The second-order valence-corrected chi connectivity index (χ2v) is 8.10. The third kappa shape index (κ3) is 5.20. The summed E-state index contributed by atoms with van der Waals surface area (Å²) >= 11 is 0. The zero-order valence-corrected chi connectivity index (χ0v) is 16.7. The van der Waals surface area contributed by atoms with Crippen LogP contribution in [0.5, 0.6) is 0 Å². The average Bonchev–Trinajstić information content (AvgIpc) is 2.97. The van der Waals surface area contributed by atoms with Gasteiger partial charge in [0.05, 0.1) is 4.90 Å². The summed E-state index contributed by atoms with van der Waals surface area (Å²) in [6.07, 6.45) is 0.680. The number of rotatable bonds is 7. The molecule has 8 nitrogen and oxygen atoms in total. The Kier molecular flexibility index (Phi) is 6.28. The van der Waals surface area contributed by atoms with E-state index in [0.29, 0.717) is 18.5 Å². The van der Waals surface area contributed by atoms with Crippen LogP contribution in [0.1, 0.15) is 16.7 Å². The van der Waals surface area contributed by atoms with Crippen molar-refractivity contribution in [3.63, 3.8) is 0 Å². The molecule has 0 aliphatic carbocycles. The van der Waals surface area contributed by atoms with E-state index in [1.807, 2.05) is 31.2 Å². The highest BCUT2D eigenvalue weighted by atomic mass is 32.2. The predicted molar refractivity (Wildman–Crippen MR) is 107 cm³/mol. The van der Waals surface area contributed by atoms with E-state index in [-0.39, 0.29) is 10.7 Å². The number of hydrogen-bond acceptors (Lipinski definition) is 6. The third-order valence-electron chi connectivity index (χ3n) is 4.37. The summed E-state index contributed by atoms with van der Waals surface area (Å²) < 4.78 is 31.2. The molecule has 1 heterocycles. The number of esters is 1. The van der Waals surface area contributed by atoms with Gasteiger partial charge >= 0.3 is 5.97 Å². The highest BCUT2D eigenvalue weighted by molar-refractivity contribution is 7.90. The number of carbonyl (C=O) groups is 2. The molecule has 0 aromatic heterocycles. The highest BCUT2D eigenvalue weighted by Crippen LogP contribution is 2.21. The van der Waals surface area contributed by atoms with E-state index in [1.54, 1.807) is 18.2 Å². The van der Waals surface area contributed by atoms with Crippen LogP contribution >= 0.6 is 0 Å². The van der Waals surface area contributed by atoms with E-state index >= 15 is 0 Å². The molecule has 1 amide bonds. The van der Waals surface area contributed by atoms with Crippen molar-refractivity contribution in [1.82, 2.24) is 10.0 Å². The van der Waals surface area contributed by atoms with Gasteiger partial charge in [-0.2, -0.15) is 0 Å². The quantitative estimate of drug-likeness (QED) is 0.653. The second-order valence-electron chi connectivity index (χ2n) is 6.45. The Morgan fingerprint density at radius 3 is 2.62 bits per heavy atom. The topological polar surface area (TPSA) is 114 Å². The van der Waals surface area contributed by atoms with E-state index in [9.17, 15) is 18.0 Å². The van der Waals surface area contributed by atoms with E-state index in [2.05, 4.69) is 15.0 Å². The fourth-order valence-electron chi connectivity index (χ4n) is 2.86. The number of fused-ring (bicyclic) bond motifs is 1. The smallest absolute Gasteiger partial charge is 0.328 e. The summed E-state index contributed by atoms with van der Waals surface area (Å²) in [4.78, 5) is 27.7. The van der Waals surface area contributed by atoms with Crippen LogP contribution in [0.2, 0.25) is 0 Å². The van der Waals surface area contributed by atoms with Gasteiger partial charge in [-0.1, -0.05) is 36.4 Å². The van der Waals surface area contributed by atoms with Gasteiger partial charge in [-0.25, -0.2) is 8.42 Å². The monoisotopic (exact) mass is 415 g/mol. The molecule has 9 heteroatoms. The van der Waals surface area contributed by atoms with E-state index in [4.69, 9.17) is 4.74 Å². The number of aryl methyl sites for hydroxylation is 1. The van der Waals surface area contributed by atoms with Gasteiger partial charge in [0.2, 0.25) is 0 Å². The molecule has 2 N–H and O–H groups in total. The first kappa shape index (κ1) is 20.5. The van der Waals surface area contributed by atoms with Crippen LogP contribution in [0.4, 0.5) is 0 Å². The van der Waals surface area contributed by atoms with Gasteiger partial charge in [0.15, 0.2) is 6.61 Å². The summed E-state index contributed by atoms with van der Waals surface area (Å²) in [5, 5.41) is 2.69. The molecule has 1 aliphatic heterocycles. The zero-order valence-electron chi connectivity index (χ0n) is 15.8. The molecule has 0 unspecified atom stereocenters. The molecule has 29 heavy (non-hydrogen) atoms. The Morgan fingerprint density at radius 1 is 1.10 bits per heavy atom. The Bertz CT molecular complexity index is 1060. The van der Waals surface area contributed by atoms with E-state index < -0.39 is 35.1 Å². The standard InChI is InChI=1S/C20H21N3O5S/c1-14-6-2-3-7-15(14)10-11-21-18(24)13-28-19(25)12-22-20-16-8-4-5-9-17(16)29(26,27)23-20/h2-9H,10-13H2,1H3,(H,21,24)(H,22,23). The number of ether oxygens (including phenoxy) is 1. The number of aliphatic imine (C=N–C) groups is 1. The summed E-state index contributed by atoms with van der Waals surface area (Å²) in [5.41, 5.74) is 2.69. The maximum Gasteiger partial charge on any atom is 0.328 e. The molecular formula is C20H21N3O5S. The lowest BCUT2D eigenvalue weighted by atomic mass is 10.1. The van der Waals surface area contributed by atoms with Crippen LogP contribution in [0.15, 0.2) is 58.4 Å². The maximum atomic E-state index is 12.0. The normalized spacial score (nSPS) is 15.4. The largest absolute Gasteiger partial charge is 0.454 e. The molecule has 0 radical (unpaired) electrons. The molecule has 0 saturated carbocycles. The molecular weight excluding hydrogens is 394 g/mol. The number of sulfonamides is 1. The molecule has 3 rings (SSSR count). The van der Waals surface area contributed by atoms with Gasteiger partial charge in [0, 0.05) is 12.1 Å². The number of carbonyl (C=O) groups excluding carboxylic acids is 2. The Labute approximate surface area is 169 Å². The first-order valence-electron chi connectivity index (χ1n) is 9.00. The number of nitrogens with zero attached hydrogens (tertiary/aromatic N) is 1. The van der Waals surface area contributed by atoms with Gasteiger partial charge in [-0.3, -0.25) is 19.3 Å². The van der Waals surface area contributed by atoms with E-state index in [1.165, 1.54) is 6.07 Å². The van der Waals surface area contributed by atoms with Crippen molar-refractivity contribution < 1.29 is 22.7 Å². The van der Waals surface area contributed by atoms with Crippen molar-refractivity contribution in [3.8, 4) is 0 Å². The van der Waals surface area contributed by atoms with Crippen LogP contribution in [-0.4, -0.2) is 45.8 Å².